The van der Waals surface area contributed by atoms with Gasteiger partial charge in [-0.1, -0.05) is 96.0 Å². The summed E-state index contributed by atoms with van der Waals surface area (Å²) >= 11 is 1.57. The predicted molar refractivity (Wildman–Crippen MR) is 314 cm³/mol. The van der Waals surface area contributed by atoms with Crippen LogP contribution in [0.15, 0.2) is 118 Å². The average Bonchev–Trinajstić information content (AvgIpc) is 4.33. The molecule has 3 heterocycles. The van der Waals surface area contributed by atoms with E-state index in [1.54, 1.807) is 86.1 Å². The predicted octanol–water partition coefficient (Wildman–Crippen LogP) is 10.6. The van der Waals surface area contributed by atoms with E-state index in [-0.39, 0.29) is 71.3 Å². The summed E-state index contributed by atoms with van der Waals surface area (Å²) < 4.78 is 50.2. The maximum atomic E-state index is 14.4. The normalized spacial score (nSPS) is 15.0. The van der Waals surface area contributed by atoms with Gasteiger partial charge < -0.3 is 29.5 Å². The number of β-amino-alcohol motifs (C(OH)–C–C–N with tert-alkyl or cyclic N) is 1. The van der Waals surface area contributed by atoms with Crippen molar-refractivity contribution in [3.8, 4) is 33.4 Å². The highest BCUT2D eigenvalue weighted by Gasteiger charge is 2.44. The highest BCUT2D eigenvalue weighted by atomic mass is 32.2. The Morgan fingerprint density at radius 1 is 0.790 bits per heavy atom. The Hall–Kier alpha value is -7.41. The molecule has 81 heavy (non-hydrogen) atoms. The van der Waals surface area contributed by atoms with E-state index < -0.39 is 51.0 Å². The Morgan fingerprint density at radius 3 is 2.07 bits per heavy atom. The highest BCUT2D eigenvalue weighted by molar-refractivity contribution is 7.90. The number of rotatable bonds is 25. The zero-order chi connectivity index (χ0) is 58.2. The number of imidazole rings is 1. The quantitative estimate of drug-likeness (QED) is 0.0405. The van der Waals surface area contributed by atoms with Crippen molar-refractivity contribution in [3.63, 3.8) is 0 Å². The number of aliphatic hydroxyl groups excluding tert-OH is 1. The number of hydrogen-bond acceptors (Lipinski definition) is 13. The van der Waals surface area contributed by atoms with Crippen LogP contribution in [0.3, 0.4) is 0 Å². The van der Waals surface area contributed by atoms with Crippen LogP contribution in [0.1, 0.15) is 123 Å². The zero-order valence-electron chi connectivity index (χ0n) is 47.5. The Kier molecular flexibility index (Phi) is 19.2. The fourth-order valence-corrected chi connectivity index (χ4v) is 12.2. The molecule has 0 aliphatic carbocycles. The molecule has 1 aliphatic rings. The van der Waals surface area contributed by atoms with Crippen molar-refractivity contribution >= 4 is 55.6 Å². The lowest BCUT2D eigenvalue weighted by atomic mass is 9.85. The van der Waals surface area contributed by atoms with Gasteiger partial charge in [0.2, 0.25) is 5.91 Å². The smallest absolute Gasteiger partial charge is 0.328 e. The number of carbonyl (C=O) groups excluding carboxylic acids is 4. The van der Waals surface area contributed by atoms with Gasteiger partial charge in [-0.3, -0.25) is 28.3 Å². The lowest BCUT2D eigenvalue weighted by molar-refractivity contribution is -0.141. The average molecular weight is 1140 g/mol. The van der Waals surface area contributed by atoms with Crippen LogP contribution in [-0.4, -0.2) is 93.9 Å². The number of nitrogens with one attached hydrogen (secondary N) is 1. The van der Waals surface area contributed by atoms with Crippen LogP contribution in [0.25, 0.3) is 21.5 Å². The molecule has 1 saturated heterocycles. The summed E-state index contributed by atoms with van der Waals surface area (Å²) in [5.74, 6) is -0.266. The van der Waals surface area contributed by atoms with Gasteiger partial charge in [-0.15, -0.1) is 11.3 Å². The molecule has 16 nitrogen and oxygen atoms in total. The van der Waals surface area contributed by atoms with E-state index in [0.29, 0.717) is 53.5 Å². The molecular formula is C63H73N5O11S2. The van der Waals surface area contributed by atoms with E-state index in [1.165, 1.54) is 32.2 Å². The minimum absolute atomic E-state index is 0.0253. The van der Waals surface area contributed by atoms with Gasteiger partial charge in [-0.2, -0.15) is 0 Å². The second-order valence-corrected chi connectivity index (χ2v) is 24.8. The minimum Gasteiger partial charge on any atom is -0.493 e. The molecule has 5 aromatic carbocycles. The molecule has 7 aromatic rings. The summed E-state index contributed by atoms with van der Waals surface area (Å²) in [6, 6.07) is 27.3. The molecule has 3 atom stereocenters. The molecule has 2 amide bonds. The van der Waals surface area contributed by atoms with Gasteiger partial charge in [0.25, 0.3) is 5.91 Å². The third-order valence-electron chi connectivity index (χ3n) is 14.7. The second-order valence-electron chi connectivity index (χ2n) is 22.0. The topological polar surface area (TPSA) is 205 Å². The maximum Gasteiger partial charge on any atom is 0.328 e. The van der Waals surface area contributed by atoms with Crippen molar-refractivity contribution in [1.29, 1.82) is 0 Å². The van der Waals surface area contributed by atoms with E-state index in [1.807, 2.05) is 64.4 Å². The van der Waals surface area contributed by atoms with Crippen LogP contribution < -0.4 is 25.2 Å². The standard InChI is InChI=1S/C63H73N5O11S2/c1-9-11-12-29-78-49-33-48(77-28-10-2)34-50(35-49)79-57-36-53-52(66(7)62(74)67(53)8)31-46(57)38-81(75,76)51-15-13-14-45(30-51)55(70)26-20-42-18-24-44(25-19-42)60(72)65-59(63(4,5)6)61(73)68-37-47(69)32-54(68)56(71)27-21-41-16-22-43(23-17-41)58-40(3)64-39-80-58/h13-19,22-25,30-31,33-36,39,47,54,59,69H,9-12,20-21,26-29,32,37-38H2,1-8H3,(H,65,72)/t47-,54+,59-/m1/s1. The second kappa shape index (κ2) is 26.0. The minimum atomic E-state index is -4.12. The summed E-state index contributed by atoms with van der Waals surface area (Å²) in [7, 11) is -0.865. The Morgan fingerprint density at radius 2 is 1.43 bits per heavy atom. The molecule has 0 saturated carbocycles. The molecule has 2 N–H and O–H groups in total. The number of hydrogen-bond donors (Lipinski definition) is 2. The van der Waals surface area contributed by atoms with Gasteiger partial charge in [-0.25, -0.2) is 18.2 Å². The third kappa shape index (κ3) is 14.6. The molecule has 0 radical (unpaired) electrons. The van der Waals surface area contributed by atoms with Crippen molar-refractivity contribution < 1.29 is 46.9 Å². The van der Waals surface area contributed by atoms with Gasteiger partial charge in [0.05, 0.1) is 63.1 Å². The number of ketones is 2. The first-order valence-corrected chi connectivity index (χ1v) is 30.2. The lowest BCUT2D eigenvalue weighted by Crippen LogP contribution is -2.56. The molecule has 18 heteroatoms. The fourth-order valence-electron chi connectivity index (χ4n) is 10.0. The van der Waals surface area contributed by atoms with Crippen LogP contribution in [0.5, 0.6) is 23.0 Å². The third-order valence-corrected chi connectivity index (χ3v) is 17.3. The number of fused-ring (bicyclic) bond motifs is 1. The summed E-state index contributed by atoms with van der Waals surface area (Å²) in [4.78, 5) is 75.5. The Balaban J connectivity index is 0.908. The molecule has 428 valence electrons. The number of unbranched alkanes of at least 4 members (excludes halogenated alkanes) is 2. The number of benzene rings is 5. The fraction of sp³-hybridized carbons (Fsp3) is 0.397. The van der Waals surface area contributed by atoms with Crippen LogP contribution in [0.4, 0.5) is 0 Å². The summed E-state index contributed by atoms with van der Waals surface area (Å²) in [6.45, 7) is 12.5. The van der Waals surface area contributed by atoms with Crippen molar-refractivity contribution in [2.24, 2.45) is 19.5 Å². The van der Waals surface area contributed by atoms with Crippen LogP contribution in [-0.2, 0) is 52.1 Å². The molecule has 0 spiro atoms. The van der Waals surface area contributed by atoms with Crippen molar-refractivity contribution in [2.75, 3.05) is 19.8 Å². The van der Waals surface area contributed by atoms with Crippen molar-refractivity contribution in [3.05, 3.63) is 153 Å². The number of ether oxygens (including phenoxy) is 3. The number of thiazole rings is 1. The Bertz CT molecular complexity index is 3580. The van der Waals surface area contributed by atoms with E-state index >= 15 is 0 Å². The molecule has 2 aromatic heterocycles. The molecule has 0 unspecified atom stereocenters. The van der Waals surface area contributed by atoms with Crippen LogP contribution in [0, 0.1) is 12.3 Å². The highest BCUT2D eigenvalue weighted by Crippen LogP contribution is 2.37. The molecule has 0 bridgehead atoms. The number of aryl methyl sites for hydroxylation is 5. The number of amides is 2. The first-order chi connectivity index (χ1) is 38.6. The van der Waals surface area contributed by atoms with Gasteiger partial charge in [-0.05, 0) is 85.0 Å². The van der Waals surface area contributed by atoms with Gasteiger partial charge in [0.1, 0.15) is 29.0 Å². The summed E-state index contributed by atoms with van der Waals surface area (Å²) in [5.41, 5.74) is 6.33. The first kappa shape index (κ1) is 59.7. The maximum absolute atomic E-state index is 14.4. The van der Waals surface area contributed by atoms with Crippen LogP contribution >= 0.6 is 11.3 Å². The van der Waals surface area contributed by atoms with Crippen molar-refractivity contribution in [1.82, 2.24) is 24.3 Å². The lowest BCUT2D eigenvalue weighted by Gasteiger charge is -2.35. The van der Waals surface area contributed by atoms with Gasteiger partial charge in [0.15, 0.2) is 21.4 Å². The molecule has 1 fully saturated rings. The zero-order valence-corrected chi connectivity index (χ0v) is 49.1. The number of sulfone groups is 1. The van der Waals surface area contributed by atoms with E-state index in [0.717, 1.165) is 52.9 Å². The Labute approximate surface area is 478 Å². The largest absolute Gasteiger partial charge is 0.493 e. The van der Waals surface area contributed by atoms with Gasteiger partial charge >= 0.3 is 5.69 Å². The summed E-state index contributed by atoms with van der Waals surface area (Å²) in [6.07, 6.45) is 3.91. The van der Waals surface area contributed by atoms with Gasteiger partial charge in [0, 0.05) is 80.9 Å². The monoisotopic (exact) mass is 1140 g/mol. The van der Waals surface area contributed by atoms with E-state index in [4.69, 9.17) is 14.2 Å². The van der Waals surface area contributed by atoms with Crippen molar-refractivity contribution in [2.45, 2.75) is 128 Å². The SMILES string of the molecule is CCCCCOc1cc(OCCC)cc(Oc2cc3c(cc2CS(=O)(=O)c2cccc(C(=O)CCc4ccc(C(=O)N[C@H](C(=O)N5C[C@H](O)C[C@H]5C(=O)CCc5ccc(-c6scnc6C)cc5)C(C)(C)C)cc4)c2)n(C)c(=O)n3C)c1. The molecule has 1 aliphatic heterocycles. The number of nitrogens with zero attached hydrogens (tertiary/aromatic N) is 4. The number of likely N-dealkylation sites (tertiary alicyclic amines) is 1. The molecular weight excluding hydrogens is 1070 g/mol. The van der Waals surface area contributed by atoms with E-state index in [2.05, 4.69) is 17.2 Å². The van der Waals surface area contributed by atoms with E-state index in [9.17, 15) is 37.5 Å². The van der Waals surface area contributed by atoms with Crippen LogP contribution in [0.2, 0.25) is 0 Å². The molecule has 8 rings (SSSR count). The number of aromatic nitrogens is 3. The number of carbonyl (C=O) groups is 4. The number of aliphatic hydroxyl groups is 1. The first-order valence-electron chi connectivity index (χ1n) is 27.7. The number of Topliss-reactive ketones (excluding diaryl/α,β-unsaturated/α-hetero) is 2. The summed E-state index contributed by atoms with van der Waals surface area (Å²) in [5, 5.41) is 13.7.